The van der Waals surface area contributed by atoms with E-state index in [9.17, 15) is 5.11 Å². The minimum atomic E-state index is -0.269. The molecule has 1 unspecified atom stereocenters. The molecule has 0 aliphatic carbocycles. The first kappa shape index (κ1) is 13.9. The van der Waals surface area contributed by atoms with Gasteiger partial charge in [-0.25, -0.2) is 0 Å². The SMILES string of the molecule is CCN(CC)CC(O)CNC(C)(C)C. The molecule has 0 fully saturated rings. The van der Waals surface area contributed by atoms with E-state index in [1.165, 1.54) is 0 Å². The molecule has 14 heavy (non-hydrogen) atoms. The Morgan fingerprint density at radius 1 is 1.21 bits per heavy atom. The van der Waals surface area contributed by atoms with Crippen LogP contribution in [0.1, 0.15) is 34.6 Å². The highest BCUT2D eigenvalue weighted by Crippen LogP contribution is 1.99. The fourth-order valence-corrected chi connectivity index (χ4v) is 1.27. The van der Waals surface area contributed by atoms with Crippen LogP contribution in [0, 0.1) is 0 Å². The summed E-state index contributed by atoms with van der Waals surface area (Å²) in [5.41, 5.74) is 0.0875. The van der Waals surface area contributed by atoms with Crippen LogP contribution in [-0.4, -0.2) is 47.8 Å². The summed E-state index contributed by atoms with van der Waals surface area (Å²) >= 11 is 0. The zero-order chi connectivity index (χ0) is 11.2. The minimum Gasteiger partial charge on any atom is -0.390 e. The molecule has 86 valence electrons. The zero-order valence-corrected chi connectivity index (χ0v) is 10.3. The van der Waals surface area contributed by atoms with Gasteiger partial charge in [0.1, 0.15) is 0 Å². The Kier molecular flexibility index (Phi) is 6.33. The Morgan fingerprint density at radius 2 is 1.71 bits per heavy atom. The lowest BCUT2D eigenvalue weighted by Crippen LogP contribution is -2.44. The summed E-state index contributed by atoms with van der Waals surface area (Å²) in [6.07, 6.45) is -0.269. The van der Waals surface area contributed by atoms with Crippen molar-refractivity contribution in [1.29, 1.82) is 0 Å². The number of β-amino-alcohol motifs (C(OH)–C–C–N with tert-alkyl or cyclic N) is 1. The fraction of sp³-hybridized carbons (Fsp3) is 1.00. The highest BCUT2D eigenvalue weighted by atomic mass is 16.3. The van der Waals surface area contributed by atoms with E-state index in [0.717, 1.165) is 19.6 Å². The maximum Gasteiger partial charge on any atom is 0.0791 e. The van der Waals surface area contributed by atoms with E-state index >= 15 is 0 Å². The smallest absolute Gasteiger partial charge is 0.0791 e. The Labute approximate surface area is 88.5 Å². The molecule has 0 aromatic carbocycles. The maximum atomic E-state index is 9.74. The van der Waals surface area contributed by atoms with Crippen LogP contribution in [0.2, 0.25) is 0 Å². The Morgan fingerprint density at radius 3 is 2.07 bits per heavy atom. The van der Waals surface area contributed by atoms with Crippen LogP contribution in [-0.2, 0) is 0 Å². The summed E-state index contributed by atoms with van der Waals surface area (Å²) in [6, 6.07) is 0. The average Bonchev–Trinajstić information content (AvgIpc) is 2.09. The molecule has 0 heterocycles. The Bertz CT molecular complexity index is 139. The molecular weight excluding hydrogens is 176 g/mol. The summed E-state index contributed by atoms with van der Waals surface area (Å²) in [6.45, 7) is 14.0. The second kappa shape index (κ2) is 6.38. The van der Waals surface area contributed by atoms with Crippen LogP contribution >= 0.6 is 0 Å². The van der Waals surface area contributed by atoms with Gasteiger partial charge in [-0.15, -0.1) is 0 Å². The zero-order valence-electron chi connectivity index (χ0n) is 10.3. The number of aliphatic hydroxyl groups excluding tert-OH is 1. The van der Waals surface area contributed by atoms with Crippen molar-refractivity contribution in [3.8, 4) is 0 Å². The molecule has 0 rings (SSSR count). The number of hydrogen-bond donors (Lipinski definition) is 2. The van der Waals surface area contributed by atoms with Crippen molar-refractivity contribution in [2.75, 3.05) is 26.2 Å². The molecule has 0 aliphatic heterocycles. The molecule has 3 heteroatoms. The minimum absolute atomic E-state index is 0.0875. The molecule has 0 saturated heterocycles. The molecule has 0 aromatic rings. The standard InChI is InChI=1S/C11H26N2O/c1-6-13(7-2)9-10(14)8-12-11(3,4)5/h10,12,14H,6-9H2,1-5H3. The van der Waals surface area contributed by atoms with E-state index in [4.69, 9.17) is 0 Å². The van der Waals surface area contributed by atoms with Gasteiger partial charge in [0.15, 0.2) is 0 Å². The molecule has 2 N–H and O–H groups in total. The molecule has 3 nitrogen and oxygen atoms in total. The highest BCUT2D eigenvalue weighted by molar-refractivity contribution is 4.74. The second-order valence-corrected chi connectivity index (χ2v) is 4.77. The number of nitrogens with zero attached hydrogens (tertiary/aromatic N) is 1. The first-order valence-corrected chi connectivity index (χ1v) is 5.54. The van der Waals surface area contributed by atoms with Crippen molar-refractivity contribution in [3.63, 3.8) is 0 Å². The van der Waals surface area contributed by atoms with Crippen LogP contribution in [0.5, 0.6) is 0 Å². The van der Waals surface area contributed by atoms with Gasteiger partial charge >= 0.3 is 0 Å². The largest absolute Gasteiger partial charge is 0.390 e. The summed E-state index contributed by atoms with van der Waals surface area (Å²) in [5.74, 6) is 0. The number of nitrogens with one attached hydrogen (secondary N) is 1. The topological polar surface area (TPSA) is 35.5 Å². The van der Waals surface area contributed by atoms with Gasteiger partial charge in [-0.05, 0) is 33.9 Å². The molecule has 0 aromatic heterocycles. The third kappa shape index (κ3) is 7.30. The van der Waals surface area contributed by atoms with E-state index in [0.29, 0.717) is 6.54 Å². The molecule has 0 radical (unpaired) electrons. The van der Waals surface area contributed by atoms with Gasteiger partial charge in [0.25, 0.3) is 0 Å². The van der Waals surface area contributed by atoms with Gasteiger partial charge in [-0.2, -0.15) is 0 Å². The van der Waals surface area contributed by atoms with Crippen LogP contribution < -0.4 is 5.32 Å². The third-order valence-corrected chi connectivity index (χ3v) is 2.23. The average molecular weight is 202 g/mol. The third-order valence-electron chi connectivity index (χ3n) is 2.23. The van der Waals surface area contributed by atoms with Crippen molar-refractivity contribution in [2.45, 2.75) is 46.3 Å². The van der Waals surface area contributed by atoms with Gasteiger partial charge in [-0.3, -0.25) is 0 Å². The summed E-state index contributed by atoms with van der Waals surface area (Å²) in [5, 5.41) is 13.0. The summed E-state index contributed by atoms with van der Waals surface area (Å²) in [7, 11) is 0. The van der Waals surface area contributed by atoms with Crippen molar-refractivity contribution in [2.24, 2.45) is 0 Å². The number of rotatable bonds is 6. The molecule has 0 amide bonds. The Balaban J connectivity index is 3.69. The van der Waals surface area contributed by atoms with Gasteiger partial charge in [0.05, 0.1) is 6.10 Å². The van der Waals surface area contributed by atoms with E-state index in [2.05, 4.69) is 44.8 Å². The Hall–Kier alpha value is -0.120. The summed E-state index contributed by atoms with van der Waals surface area (Å²) < 4.78 is 0. The van der Waals surface area contributed by atoms with E-state index < -0.39 is 0 Å². The molecule has 0 aliphatic rings. The van der Waals surface area contributed by atoms with Crippen molar-refractivity contribution in [3.05, 3.63) is 0 Å². The molecule has 0 bridgehead atoms. The molecule has 0 saturated carbocycles. The van der Waals surface area contributed by atoms with Gasteiger partial charge in [0, 0.05) is 18.6 Å². The lowest BCUT2D eigenvalue weighted by molar-refractivity contribution is 0.110. The van der Waals surface area contributed by atoms with Crippen molar-refractivity contribution < 1.29 is 5.11 Å². The maximum absolute atomic E-state index is 9.74. The lowest BCUT2D eigenvalue weighted by Gasteiger charge is -2.26. The number of aliphatic hydroxyl groups is 1. The quantitative estimate of drug-likeness (QED) is 0.676. The second-order valence-electron chi connectivity index (χ2n) is 4.77. The predicted molar refractivity (Wildman–Crippen MR) is 61.6 cm³/mol. The predicted octanol–water partition coefficient (Wildman–Crippen LogP) is 1.08. The van der Waals surface area contributed by atoms with Gasteiger partial charge in [-0.1, -0.05) is 13.8 Å². The number of likely N-dealkylation sites (N-methyl/N-ethyl adjacent to an activating group) is 1. The van der Waals surface area contributed by atoms with Gasteiger partial charge < -0.3 is 15.3 Å². The molecular formula is C11H26N2O. The first-order chi connectivity index (χ1) is 6.39. The normalized spacial score (nSPS) is 14.8. The van der Waals surface area contributed by atoms with E-state index in [1.54, 1.807) is 0 Å². The summed E-state index contributed by atoms with van der Waals surface area (Å²) in [4.78, 5) is 2.23. The van der Waals surface area contributed by atoms with Gasteiger partial charge in [0.2, 0.25) is 0 Å². The monoisotopic (exact) mass is 202 g/mol. The fourth-order valence-electron chi connectivity index (χ4n) is 1.27. The van der Waals surface area contributed by atoms with E-state index in [1.807, 2.05) is 0 Å². The molecule has 1 atom stereocenters. The van der Waals surface area contributed by atoms with Crippen LogP contribution in [0.25, 0.3) is 0 Å². The highest BCUT2D eigenvalue weighted by Gasteiger charge is 2.13. The van der Waals surface area contributed by atoms with Crippen LogP contribution in [0.4, 0.5) is 0 Å². The van der Waals surface area contributed by atoms with Crippen LogP contribution in [0.15, 0.2) is 0 Å². The number of hydrogen-bond acceptors (Lipinski definition) is 3. The molecule has 0 spiro atoms. The van der Waals surface area contributed by atoms with Crippen molar-refractivity contribution in [1.82, 2.24) is 10.2 Å². The first-order valence-electron chi connectivity index (χ1n) is 5.54. The van der Waals surface area contributed by atoms with Crippen LogP contribution in [0.3, 0.4) is 0 Å². The van der Waals surface area contributed by atoms with E-state index in [-0.39, 0.29) is 11.6 Å². The van der Waals surface area contributed by atoms with Crippen molar-refractivity contribution >= 4 is 0 Å². The lowest BCUT2D eigenvalue weighted by atomic mass is 10.1.